The first kappa shape index (κ1) is 13.6. The monoisotopic (exact) mass is 288 g/mol. The van der Waals surface area contributed by atoms with Crippen LogP contribution >= 0.6 is 11.3 Å². The molecule has 1 aromatic carbocycles. The number of carboxylic acids is 1. The number of hydrogen-bond donors (Lipinski definition) is 1. The average Bonchev–Trinajstić information content (AvgIpc) is 2.82. The van der Waals surface area contributed by atoms with Crippen molar-refractivity contribution in [2.24, 2.45) is 11.3 Å². The summed E-state index contributed by atoms with van der Waals surface area (Å²) >= 11 is 1.72. The highest BCUT2D eigenvalue weighted by Gasteiger charge is 2.42. The van der Waals surface area contributed by atoms with E-state index in [4.69, 9.17) is 0 Å². The smallest absolute Gasteiger partial charge is 0.309 e. The molecule has 0 saturated heterocycles. The zero-order chi connectivity index (χ0) is 14.2. The molecule has 2 atom stereocenters. The molecule has 1 saturated carbocycles. The summed E-state index contributed by atoms with van der Waals surface area (Å²) in [4.78, 5) is 11.9. The van der Waals surface area contributed by atoms with E-state index in [1.807, 2.05) is 12.1 Å². The molecular weight excluding hydrogens is 268 g/mol. The lowest BCUT2D eigenvalue weighted by Crippen LogP contribution is -2.37. The minimum atomic E-state index is -0.612. The second-order valence-electron chi connectivity index (χ2n) is 6.22. The molecule has 1 N–H and O–H groups in total. The SMILES string of the molecule is CC1CCCC(Cc2csc3ccccc23)(C(=O)O)C1. The van der Waals surface area contributed by atoms with Gasteiger partial charge in [0.2, 0.25) is 0 Å². The first-order chi connectivity index (χ1) is 9.61. The highest BCUT2D eigenvalue weighted by atomic mass is 32.1. The molecule has 2 nitrogen and oxygen atoms in total. The van der Waals surface area contributed by atoms with E-state index in [1.165, 1.54) is 22.1 Å². The van der Waals surface area contributed by atoms with E-state index in [2.05, 4.69) is 24.4 Å². The molecule has 3 heteroatoms. The molecule has 0 amide bonds. The zero-order valence-electron chi connectivity index (χ0n) is 11.8. The number of rotatable bonds is 3. The molecule has 1 fully saturated rings. The van der Waals surface area contributed by atoms with Crippen molar-refractivity contribution in [3.63, 3.8) is 0 Å². The fraction of sp³-hybridized carbons (Fsp3) is 0.471. The van der Waals surface area contributed by atoms with E-state index in [0.717, 1.165) is 19.3 Å². The third-order valence-electron chi connectivity index (χ3n) is 4.64. The van der Waals surface area contributed by atoms with Gasteiger partial charge in [0.1, 0.15) is 0 Å². The van der Waals surface area contributed by atoms with Crippen LogP contribution in [0.5, 0.6) is 0 Å². The molecule has 0 spiro atoms. The van der Waals surface area contributed by atoms with Crippen LogP contribution in [0.1, 0.15) is 38.2 Å². The zero-order valence-corrected chi connectivity index (χ0v) is 12.6. The molecular formula is C17H20O2S. The minimum absolute atomic E-state index is 0.518. The van der Waals surface area contributed by atoms with E-state index in [1.54, 1.807) is 11.3 Å². The summed E-state index contributed by atoms with van der Waals surface area (Å²) in [5.74, 6) is -0.0934. The molecule has 0 bridgehead atoms. The van der Waals surface area contributed by atoms with E-state index < -0.39 is 11.4 Å². The molecule has 2 unspecified atom stereocenters. The number of benzene rings is 1. The lowest BCUT2D eigenvalue weighted by atomic mass is 9.67. The van der Waals surface area contributed by atoms with E-state index >= 15 is 0 Å². The Morgan fingerprint density at radius 1 is 1.45 bits per heavy atom. The topological polar surface area (TPSA) is 37.3 Å². The van der Waals surface area contributed by atoms with E-state index in [9.17, 15) is 9.90 Å². The first-order valence-electron chi connectivity index (χ1n) is 7.29. The summed E-state index contributed by atoms with van der Waals surface area (Å²) in [5, 5.41) is 13.2. The Kier molecular flexibility index (Phi) is 3.55. The van der Waals surface area contributed by atoms with Crippen molar-refractivity contribution in [2.75, 3.05) is 0 Å². The highest BCUT2D eigenvalue weighted by molar-refractivity contribution is 7.17. The highest BCUT2D eigenvalue weighted by Crippen LogP contribution is 2.43. The molecule has 1 aliphatic carbocycles. The number of carboxylic acid groups (broad SMARTS) is 1. The number of thiophene rings is 1. The molecule has 0 radical (unpaired) electrons. The summed E-state index contributed by atoms with van der Waals surface area (Å²) in [5.41, 5.74) is 0.656. The largest absolute Gasteiger partial charge is 0.481 e. The normalized spacial score (nSPS) is 26.8. The van der Waals surface area contributed by atoms with Gasteiger partial charge in [0.05, 0.1) is 5.41 Å². The van der Waals surface area contributed by atoms with Crippen molar-refractivity contribution in [1.29, 1.82) is 0 Å². The van der Waals surface area contributed by atoms with Crippen LogP contribution in [0.2, 0.25) is 0 Å². The summed E-state index contributed by atoms with van der Waals surface area (Å²) in [6.07, 6.45) is 4.51. The molecule has 20 heavy (non-hydrogen) atoms. The standard InChI is InChI=1S/C17H20O2S/c1-12-5-4-8-17(9-12,16(18)19)10-13-11-20-15-7-3-2-6-14(13)15/h2-3,6-7,11-12H,4-5,8-10H2,1H3,(H,18,19). The van der Waals surface area contributed by atoms with Gasteiger partial charge in [0.15, 0.2) is 0 Å². The molecule has 3 rings (SSSR count). The summed E-state index contributed by atoms with van der Waals surface area (Å²) in [6.45, 7) is 2.18. The van der Waals surface area contributed by atoms with Gasteiger partial charge >= 0.3 is 5.97 Å². The fourth-order valence-electron chi connectivity index (χ4n) is 3.62. The lowest BCUT2D eigenvalue weighted by Gasteiger charge is -2.36. The Labute approximate surface area is 123 Å². The summed E-state index contributed by atoms with van der Waals surface area (Å²) in [6, 6.07) is 8.30. The molecule has 1 aromatic heterocycles. The molecule has 0 aliphatic heterocycles. The van der Waals surface area contributed by atoms with Crippen molar-refractivity contribution in [3.8, 4) is 0 Å². The van der Waals surface area contributed by atoms with Gasteiger partial charge in [-0.1, -0.05) is 38.0 Å². The first-order valence-corrected chi connectivity index (χ1v) is 8.17. The van der Waals surface area contributed by atoms with Crippen molar-refractivity contribution in [1.82, 2.24) is 0 Å². The van der Waals surface area contributed by atoms with E-state index in [0.29, 0.717) is 12.3 Å². The maximum absolute atomic E-state index is 11.9. The Bertz CT molecular complexity index is 631. The van der Waals surface area contributed by atoms with Crippen LogP contribution in [0.3, 0.4) is 0 Å². The number of carbonyl (C=O) groups is 1. The van der Waals surface area contributed by atoms with Gasteiger partial charge in [-0.05, 0) is 47.6 Å². The van der Waals surface area contributed by atoms with Gasteiger partial charge in [-0.25, -0.2) is 0 Å². The van der Waals surface area contributed by atoms with Crippen molar-refractivity contribution < 1.29 is 9.90 Å². The molecule has 106 valence electrons. The van der Waals surface area contributed by atoms with E-state index in [-0.39, 0.29) is 0 Å². The van der Waals surface area contributed by atoms with Crippen LogP contribution in [-0.2, 0) is 11.2 Å². The van der Waals surface area contributed by atoms with Crippen LogP contribution in [0, 0.1) is 11.3 Å². The number of fused-ring (bicyclic) bond motifs is 1. The Morgan fingerprint density at radius 3 is 3.00 bits per heavy atom. The molecule has 1 heterocycles. The second-order valence-corrected chi connectivity index (χ2v) is 7.13. The van der Waals surface area contributed by atoms with Crippen LogP contribution in [0.4, 0.5) is 0 Å². The lowest BCUT2D eigenvalue weighted by molar-refractivity contribution is -0.152. The van der Waals surface area contributed by atoms with Gasteiger partial charge < -0.3 is 5.11 Å². The quantitative estimate of drug-likeness (QED) is 0.887. The average molecular weight is 288 g/mol. The van der Waals surface area contributed by atoms with Gasteiger partial charge in [-0.3, -0.25) is 4.79 Å². The van der Waals surface area contributed by atoms with Crippen LogP contribution in [0.25, 0.3) is 10.1 Å². The van der Waals surface area contributed by atoms with Crippen LogP contribution in [0.15, 0.2) is 29.6 Å². The minimum Gasteiger partial charge on any atom is -0.481 e. The van der Waals surface area contributed by atoms with Gasteiger partial charge in [-0.15, -0.1) is 11.3 Å². The third kappa shape index (κ3) is 2.35. The second kappa shape index (κ2) is 5.21. The predicted octanol–water partition coefficient (Wildman–Crippen LogP) is 4.72. The third-order valence-corrected chi connectivity index (χ3v) is 5.65. The van der Waals surface area contributed by atoms with Crippen molar-refractivity contribution >= 4 is 27.4 Å². The van der Waals surface area contributed by atoms with Crippen LogP contribution in [-0.4, -0.2) is 11.1 Å². The summed E-state index contributed by atoms with van der Waals surface area (Å²) < 4.78 is 1.26. The predicted molar refractivity (Wildman–Crippen MR) is 83.2 cm³/mol. The number of aliphatic carboxylic acids is 1. The van der Waals surface area contributed by atoms with Gasteiger partial charge in [0.25, 0.3) is 0 Å². The van der Waals surface area contributed by atoms with Gasteiger partial charge in [0, 0.05) is 4.70 Å². The Morgan fingerprint density at radius 2 is 2.25 bits per heavy atom. The Balaban J connectivity index is 1.96. The van der Waals surface area contributed by atoms with Crippen molar-refractivity contribution in [3.05, 3.63) is 35.2 Å². The fourth-order valence-corrected chi connectivity index (χ4v) is 4.59. The Hall–Kier alpha value is -1.35. The number of hydrogen-bond acceptors (Lipinski definition) is 2. The molecule has 1 aliphatic rings. The maximum Gasteiger partial charge on any atom is 0.309 e. The summed E-state index contributed by atoms with van der Waals surface area (Å²) in [7, 11) is 0. The van der Waals surface area contributed by atoms with Gasteiger partial charge in [-0.2, -0.15) is 0 Å². The maximum atomic E-state index is 11.9. The van der Waals surface area contributed by atoms with Crippen LogP contribution < -0.4 is 0 Å². The van der Waals surface area contributed by atoms with Crippen molar-refractivity contribution in [2.45, 2.75) is 39.0 Å². The molecule has 2 aromatic rings.